The Labute approximate surface area is 130 Å². The first-order chi connectivity index (χ1) is 10.2. The zero-order chi connectivity index (χ0) is 15.2. The lowest BCUT2D eigenvalue weighted by Crippen LogP contribution is -2.42. The van der Waals surface area contributed by atoms with Gasteiger partial charge in [-0.1, -0.05) is 45.0 Å². The Morgan fingerprint density at radius 1 is 1.24 bits per heavy atom. The number of aryl methyl sites for hydroxylation is 1. The predicted octanol–water partition coefficient (Wildman–Crippen LogP) is 4.02. The second-order valence-corrected chi connectivity index (χ2v) is 6.66. The summed E-state index contributed by atoms with van der Waals surface area (Å²) in [5.74, 6) is 0.849. The maximum absolute atomic E-state index is 3.77. The highest BCUT2D eigenvalue weighted by atomic mass is 15.2. The summed E-state index contributed by atoms with van der Waals surface area (Å²) in [6.07, 6.45) is 3.65. The average molecular weight is 288 g/mol. The van der Waals surface area contributed by atoms with Gasteiger partial charge in [0, 0.05) is 18.6 Å². The minimum absolute atomic E-state index is 0.446. The number of benzene rings is 1. The van der Waals surface area contributed by atoms with Crippen molar-refractivity contribution in [1.82, 2.24) is 10.2 Å². The molecule has 0 aromatic heterocycles. The Hall–Kier alpha value is -0.860. The Bertz CT molecular complexity index is 412. The van der Waals surface area contributed by atoms with Crippen LogP contribution in [0.15, 0.2) is 24.3 Å². The number of rotatable bonds is 7. The number of hydrogen-bond donors (Lipinski definition) is 1. The molecule has 1 aromatic carbocycles. The topological polar surface area (TPSA) is 15.3 Å². The van der Waals surface area contributed by atoms with Gasteiger partial charge in [0.2, 0.25) is 0 Å². The van der Waals surface area contributed by atoms with Crippen LogP contribution in [0.2, 0.25) is 0 Å². The molecular weight excluding hydrogens is 256 g/mol. The molecule has 0 spiro atoms. The van der Waals surface area contributed by atoms with Crippen LogP contribution in [0.1, 0.15) is 57.7 Å². The number of nitrogens with zero attached hydrogens (tertiary/aromatic N) is 1. The second kappa shape index (κ2) is 7.95. The third kappa shape index (κ3) is 4.31. The van der Waals surface area contributed by atoms with Gasteiger partial charge in [-0.15, -0.1) is 0 Å². The molecule has 0 saturated carbocycles. The van der Waals surface area contributed by atoms with Crippen LogP contribution in [-0.2, 0) is 6.42 Å². The average Bonchev–Trinajstić information content (AvgIpc) is 2.94. The van der Waals surface area contributed by atoms with Crippen molar-refractivity contribution < 1.29 is 0 Å². The quantitative estimate of drug-likeness (QED) is 0.815. The summed E-state index contributed by atoms with van der Waals surface area (Å²) in [6.45, 7) is 12.8. The molecule has 2 nitrogen and oxygen atoms in total. The summed E-state index contributed by atoms with van der Waals surface area (Å²) in [5, 5.41) is 3.77. The van der Waals surface area contributed by atoms with Crippen molar-refractivity contribution in [3.8, 4) is 0 Å². The molecule has 3 unspecified atom stereocenters. The van der Waals surface area contributed by atoms with E-state index in [1.54, 1.807) is 0 Å². The lowest BCUT2D eigenvalue weighted by atomic mass is 9.97. The van der Waals surface area contributed by atoms with Crippen LogP contribution in [0.4, 0.5) is 0 Å². The molecule has 1 aliphatic rings. The Kier molecular flexibility index (Phi) is 6.25. The lowest BCUT2D eigenvalue weighted by Gasteiger charge is -2.33. The van der Waals surface area contributed by atoms with E-state index >= 15 is 0 Å². The summed E-state index contributed by atoms with van der Waals surface area (Å²) in [4.78, 5) is 2.66. The zero-order valence-electron chi connectivity index (χ0n) is 14.2. The second-order valence-electron chi connectivity index (χ2n) is 6.66. The van der Waals surface area contributed by atoms with Crippen molar-refractivity contribution in [2.45, 2.75) is 59.0 Å². The molecule has 118 valence electrons. The fraction of sp³-hybridized carbons (Fsp3) is 0.684. The first kappa shape index (κ1) is 16.5. The van der Waals surface area contributed by atoms with Gasteiger partial charge in [0.25, 0.3) is 0 Å². The van der Waals surface area contributed by atoms with Gasteiger partial charge < -0.3 is 5.32 Å². The van der Waals surface area contributed by atoms with Gasteiger partial charge in [0.15, 0.2) is 0 Å². The lowest BCUT2D eigenvalue weighted by molar-refractivity contribution is 0.201. The van der Waals surface area contributed by atoms with Crippen LogP contribution in [-0.4, -0.2) is 30.6 Å². The standard InChI is InChI=1S/C19H32N2/c1-5-12-20-19(16(4)21-13-11-15(3)14-21)18-9-7-17(6-2)8-10-18/h7-10,15-16,19-20H,5-6,11-14H2,1-4H3. The highest BCUT2D eigenvalue weighted by Gasteiger charge is 2.29. The molecule has 2 rings (SSSR count). The summed E-state index contributed by atoms with van der Waals surface area (Å²) in [7, 11) is 0. The van der Waals surface area contributed by atoms with Crippen LogP contribution in [0.25, 0.3) is 0 Å². The van der Waals surface area contributed by atoms with Gasteiger partial charge >= 0.3 is 0 Å². The summed E-state index contributed by atoms with van der Waals surface area (Å²) in [6, 6.07) is 10.2. The van der Waals surface area contributed by atoms with Crippen molar-refractivity contribution in [3.05, 3.63) is 35.4 Å². The Morgan fingerprint density at radius 2 is 1.95 bits per heavy atom. The van der Waals surface area contributed by atoms with Gasteiger partial charge in [-0.05, 0) is 56.3 Å². The van der Waals surface area contributed by atoms with E-state index in [0.29, 0.717) is 12.1 Å². The first-order valence-electron chi connectivity index (χ1n) is 8.72. The van der Waals surface area contributed by atoms with E-state index in [9.17, 15) is 0 Å². The van der Waals surface area contributed by atoms with E-state index in [1.807, 2.05) is 0 Å². The Balaban J connectivity index is 2.12. The van der Waals surface area contributed by atoms with E-state index in [4.69, 9.17) is 0 Å². The van der Waals surface area contributed by atoms with Gasteiger partial charge in [0.05, 0.1) is 0 Å². The summed E-state index contributed by atoms with van der Waals surface area (Å²) >= 11 is 0. The van der Waals surface area contributed by atoms with E-state index in [1.165, 1.54) is 37.1 Å². The van der Waals surface area contributed by atoms with Gasteiger partial charge in [-0.2, -0.15) is 0 Å². The van der Waals surface area contributed by atoms with E-state index in [2.05, 4.69) is 62.2 Å². The first-order valence-corrected chi connectivity index (χ1v) is 8.72. The summed E-state index contributed by atoms with van der Waals surface area (Å²) < 4.78 is 0. The van der Waals surface area contributed by atoms with Crippen LogP contribution in [0, 0.1) is 5.92 Å². The molecule has 0 bridgehead atoms. The monoisotopic (exact) mass is 288 g/mol. The maximum Gasteiger partial charge on any atom is 0.0475 e. The molecular formula is C19H32N2. The molecule has 0 radical (unpaired) electrons. The molecule has 3 atom stereocenters. The molecule has 0 amide bonds. The van der Waals surface area contributed by atoms with Crippen LogP contribution in [0.5, 0.6) is 0 Å². The number of nitrogens with one attached hydrogen (secondary N) is 1. The normalized spacial score (nSPS) is 22.4. The minimum Gasteiger partial charge on any atom is -0.309 e. The molecule has 0 aliphatic carbocycles. The SMILES string of the molecule is CCCNC(c1ccc(CC)cc1)C(C)N1CCC(C)C1. The van der Waals surface area contributed by atoms with Crippen molar-refractivity contribution in [3.63, 3.8) is 0 Å². The maximum atomic E-state index is 3.77. The molecule has 1 aromatic rings. The Morgan fingerprint density at radius 3 is 2.48 bits per heavy atom. The molecule has 2 heteroatoms. The zero-order valence-corrected chi connectivity index (χ0v) is 14.2. The molecule has 1 saturated heterocycles. The fourth-order valence-electron chi connectivity index (χ4n) is 3.38. The molecule has 1 aliphatic heterocycles. The van der Waals surface area contributed by atoms with Crippen LogP contribution in [0.3, 0.4) is 0 Å². The molecule has 1 fully saturated rings. The largest absolute Gasteiger partial charge is 0.309 e. The molecule has 21 heavy (non-hydrogen) atoms. The van der Waals surface area contributed by atoms with E-state index in [-0.39, 0.29) is 0 Å². The van der Waals surface area contributed by atoms with Crippen molar-refractivity contribution >= 4 is 0 Å². The number of hydrogen-bond acceptors (Lipinski definition) is 2. The van der Waals surface area contributed by atoms with Crippen molar-refractivity contribution in [2.75, 3.05) is 19.6 Å². The fourth-order valence-corrected chi connectivity index (χ4v) is 3.38. The van der Waals surface area contributed by atoms with E-state index < -0.39 is 0 Å². The van der Waals surface area contributed by atoms with Gasteiger partial charge in [-0.25, -0.2) is 0 Å². The smallest absolute Gasteiger partial charge is 0.0475 e. The number of likely N-dealkylation sites (tertiary alicyclic amines) is 1. The van der Waals surface area contributed by atoms with E-state index in [0.717, 1.165) is 18.9 Å². The van der Waals surface area contributed by atoms with Crippen LogP contribution >= 0.6 is 0 Å². The van der Waals surface area contributed by atoms with Gasteiger partial charge in [-0.3, -0.25) is 4.90 Å². The summed E-state index contributed by atoms with van der Waals surface area (Å²) in [5.41, 5.74) is 2.86. The third-order valence-corrected chi connectivity index (χ3v) is 4.88. The highest BCUT2D eigenvalue weighted by molar-refractivity contribution is 5.26. The third-order valence-electron chi connectivity index (χ3n) is 4.88. The highest BCUT2D eigenvalue weighted by Crippen LogP contribution is 2.26. The van der Waals surface area contributed by atoms with Crippen LogP contribution < -0.4 is 5.32 Å². The van der Waals surface area contributed by atoms with Crippen molar-refractivity contribution in [1.29, 1.82) is 0 Å². The molecule has 1 N–H and O–H groups in total. The van der Waals surface area contributed by atoms with Gasteiger partial charge in [0.1, 0.15) is 0 Å². The van der Waals surface area contributed by atoms with Crippen molar-refractivity contribution in [2.24, 2.45) is 5.92 Å². The predicted molar refractivity (Wildman–Crippen MR) is 91.7 cm³/mol. The molecule has 1 heterocycles. The minimum atomic E-state index is 0.446.